The average Bonchev–Trinajstić information content (AvgIpc) is 3.39. The molecule has 2 aliphatic heterocycles. The van der Waals surface area contributed by atoms with E-state index in [4.69, 9.17) is 0 Å². The van der Waals surface area contributed by atoms with E-state index in [0.29, 0.717) is 5.92 Å². The lowest BCUT2D eigenvalue weighted by molar-refractivity contribution is -0.138. The van der Waals surface area contributed by atoms with E-state index in [-0.39, 0.29) is 42.0 Å². The van der Waals surface area contributed by atoms with Crippen LogP contribution in [0.15, 0.2) is 54.6 Å². The van der Waals surface area contributed by atoms with Crippen LogP contribution in [0, 0.1) is 11.8 Å². The van der Waals surface area contributed by atoms with Crippen LogP contribution in [0.2, 0.25) is 0 Å². The lowest BCUT2D eigenvalue weighted by atomic mass is 9.79. The van der Waals surface area contributed by atoms with E-state index < -0.39 is 0 Å². The molecule has 0 spiro atoms. The summed E-state index contributed by atoms with van der Waals surface area (Å²) >= 11 is 0. The molecule has 3 amide bonds. The Labute approximate surface area is 220 Å². The number of amides is 3. The van der Waals surface area contributed by atoms with Gasteiger partial charge in [0.15, 0.2) is 0 Å². The Morgan fingerprint density at radius 3 is 2.35 bits per heavy atom. The molecule has 2 aromatic rings. The van der Waals surface area contributed by atoms with Crippen molar-refractivity contribution in [2.75, 3.05) is 11.9 Å². The quantitative estimate of drug-likeness (QED) is 0.487. The van der Waals surface area contributed by atoms with Gasteiger partial charge in [-0.3, -0.25) is 4.79 Å². The fraction of sp³-hybridized carbons (Fsp3) is 0.548. The molecule has 37 heavy (non-hydrogen) atoms. The van der Waals surface area contributed by atoms with Crippen LogP contribution in [-0.4, -0.2) is 35.5 Å². The van der Waals surface area contributed by atoms with E-state index in [9.17, 15) is 9.59 Å². The van der Waals surface area contributed by atoms with E-state index >= 15 is 0 Å². The number of fused-ring (bicyclic) bond motifs is 3. The summed E-state index contributed by atoms with van der Waals surface area (Å²) in [5, 5.41) is 10.2. The van der Waals surface area contributed by atoms with Gasteiger partial charge in [-0.2, -0.15) is 0 Å². The zero-order valence-electron chi connectivity index (χ0n) is 21.7. The van der Waals surface area contributed by atoms with Crippen LogP contribution in [-0.2, 0) is 4.79 Å². The first-order valence-corrected chi connectivity index (χ1v) is 14.5. The van der Waals surface area contributed by atoms with Crippen LogP contribution in [0.25, 0.3) is 0 Å². The molecule has 3 N–H and O–H groups in total. The SMILES string of the molecule is O=C(NC1CCCCC1)N[C@@H]1CCCC[C@@H]1C(=O)N1CC[C@@H]2[C@H](c3ccccc3)Nc3ccccc3[C@@H]21. The summed E-state index contributed by atoms with van der Waals surface area (Å²) in [5.41, 5.74) is 3.63. The van der Waals surface area contributed by atoms with Gasteiger partial charge < -0.3 is 20.9 Å². The van der Waals surface area contributed by atoms with Gasteiger partial charge in [-0.1, -0.05) is 80.6 Å². The lowest BCUT2D eigenvalue weighted by Gasteiger charge is -2.42. The molecule has 0 bridgehead atoms. The third kappa shape index (κ3) is 4.95. The van der Waals surface area contributed by atoms with E-state index in [1.165, 1.54) is 30.4 Å². The maximum Gasteiger partial charge on any atom is 0.315 e. The van der Waals surface area contributed by atoms with Gasteiger partial charge in [-0.05, 0) is 49.3 Å². The van der Waals surface area contributed by atoms with Gasteiger partial charge in [0.2, 0.25) is 5.91 Å². The van der Waals surface area contributed by atoms with E-state index in [2.05, 4.69) is 75.4 Å². The van der Waals surface area contributed by atoms with Gasteiger partial charge >= 0.3 is 6.03 Å². The molecule has 0 unspecified atom stereocenters. The Bertz CT molecular complexity index is 1100. The van der Waals surface area contributed by atoms with Crippen LogP contribution < -0.4 is 16.0 Å². The number of urea groups is 1. The van der Waals surface area contributed by atoms with Gasteiger partial charge in [0.1, 0.15) is 0 Å². The minimum atomic E-state index is -0.151. The van der Waals surface area contributed by atoms with Crippen molar-refractivity contribution < 1.29 is 9.59 Å². The number of likely N-dealkylation sites (tertiary alicyclic amines) is 1. The molecule has 2 saturated carbocycles. The van der Waals surface area contributed by atoms with Crippen molar-refractivity contribution >= 4 is 17.6 Å². The summed E-state index contributed by atoms with van der Waals surface area (Å²) in [6.07, 6.45) is 10.6. The first-order valence-electron chi connectivity index (χ1n) is 14.5. The topological polar surface area (TPSA) is 73.5 Å². The number of nitrogens with zero attached hydrogens (tertiary/aromatic N) is 1. The highest BCUT2D eigenvalue weighted by molar-refractivity contribution is 5.83. The number of hydrogen-bond acceptors (Lipinski definition) is 3. The molecule has 2 aliphatic carbocycles. The molecule has 0 aromatic heterocycles. The van der Waals surface area contributed by atoms with Crippen molar-refractivity contribution in [3.63, 3.8) is 0 Å². The molecule has 2 heterocycles. The number of anilines is 1. The van der Waals surface area contributed by atoms with Crippen LogP contribution in [0.1, 0.15) is 87.4 Å². The number of para-hydroxylation sites is 1. The van der Waals surface area contributed by atoms with Crippen LogP contribution in [0.4, 0.5) is 10.5 Å². The van der Waals surface area contributed by atoms with Crippen molar-refractivity contribution in [2.45, 2.75) is 88.4 Å². The van der Waals surface area contributed by atoms with Gasteiger partial charge in [0.05, 0.1) is 18.0 Å². The number of benzene rings is 2. The van der Waals surface area contributed by atoms with Gasteiger partial charge in [-0.15, -0.1) is 0 Å². The highest BCUT2D eigenvalue weighted by Gasteiger charge is 2.48. The summed E-state index contributed by atoms with van der Waals surface area (Å²) in [4.78, 5) is 29.3. The molecule has 4 aliphatic rings. The number of carbonyl (C=O) groups is 2. The fourth-order valence-corrected chi connectivity index (χ4v) is 7.42. The average molecular weight is 501 g/mol. The van der Waals surface area contributed by atoms with Crippen molar-refractivity contribution in [1.82, 2.24) is 15.5 Å². The summed E-state index contributed by atoms with van der Waals surface area (Å²) in [7, 11) is 0. The third-order valence-corrected chi connectivity index (χ3v) is 9.25. The van der Waals surface area contributed by atoms with Crippen LogP contribution >= 0.6 is 0 Å². The highest BCUT2D eigenvalue weighted by atomic mass is 16.2. The van der Waals surface area contributed by atoms with E-state index in [0.717, 1.165) is 57.2 Å². The Balaban J connectivity index is 1.21. The lowest BCUT2D eigenvalue weighted by Crippen LogP contribution is -2.53. The van der Waals surface area contributed by atoms with E-state index in [1.54, 1.807) is 0 Å². The molecule has 0 radical (unpaired) electrons. The first kappa shape index (κ1) is 24.3. The monoisotopic (exact) mass is 500 g/mol. The Hall–Kier alpha value is -3.02. The highest BCUT2D eigenvalue weighted by Crippen LogP contribution is 2.51. The Morgan fingerprint density at radius 1 is 0.784 bits per heavy atom. The smallest absolute Gasteiger partial charge is 0.315 e. The zero-order valence-corrected chi connectivity index (χ0v) is 21.7. The molecule has 5 atom stereocenters. The third-order valence-electron chi connectivity index (χ3n) is 9.25. The van der Waals surface area contributed by atoms with Gasteiger partial charge in [-0.25, -0.2) is 4.79 Å². The minimum Gasteiger partial charge on any atom is -0.378 e. The molecule has 6 rings (SSSR count). The molecule has 3 fully saturated rings. The second kappa shape index (κ2) is 10.8. The maximum absolute atomic E-state index is 14.2. The van der Waals surface area contributed by atoms with Crippen molar-refractivity contribution in [3.05, 3.63) is 65.7 Å². The predicted octanol–water partition coefficient (Wildman–Crippen LogP) is 5.93. The standard InChI is InChI=1S/C31H40N4O2/c36-30(24-16-8-10-18-27(24)34-31(37)32-22-13-5-2-6-14-22)35-20-19-25-28(21-11-3-1-4-12-21)33-26-17-9-7-15-23(26)29(25)35/h1,3-4,7,9,11-12,15,17,22,24-25,27-29,33H,2,5-6,8,10,13-14,16,18-20H2,(H2,32,34,37)/t24-,25+,27+,28-,29-/m0/s1. The molecule has 196 valence electrons. The number of nitrogens with one attached hydrogen (secondary N) is 3. The summed E-state index contributed by atoms with van der Waals surface area (Å²) < 4.78 is 0. The second-order valence-corrected chi connectivity index (χ2v) is 11.5. The second-order valence-electron chi connectivity index (χ2n) is 11.5. The summed E-state index contributed by atoms with van der Waals surface area (Å²) in [6.45, 7) is 0.769. The number of hydrogen-bond donors (Lipinski definition) is 3. The molecule has 2 aromatic carbocycles. The van der Waals surface area contributed by atoms with Crippen molar-refractivity contribution in [3.8, 4) is 0 Å². The Kier molecular flexibility index (Phi) is 7.08. The van der Waals surface area contributed by atoms with Gasteiger partial charge in [0.25, 0.3) is 0 Å². The number of rotatable bonds is 4. The van der Waals surface area contributed by atoms with Crippen LogP contribution in [0.3, 0.4) is 0 Å². The van der Waals surface area contributed by atoms with E-state index in [1.807, 2.05) is 0 Å². The largest absolute Gasteiger partial charge is 0.378 e. The van der Waals surface area contributed by atoms with Crippen molar-refractivity contribution in [1.29, 1.82) is 0 Å². The zero-order chi connectivity index (χ0) is 25.2. The summed E-state index contributed by atoms with van der Waals surface area (Å²) in [5.74, 6) is 0.395. The molecular formula is C31H40N4O2. The molecule has 6 heteroatoms. The van der Waals surface area contributed by atoms with Crippen LogP contribution in [0.5, 0.6) is 0 Å². The fourth-order valence-electron chi connectivity index (χ4n) is 7.42. The van der Waals surface area contributed by atoms with Crippen molar-refractivity contribution in [2.24, 2.45) is 11.8 Å². The molecule has 6 nitrogen and oxygen atoms in total. The first-order chi connectivity index (χ1) is 18.2. The predicted molar refractivity (Wildman–Crippen MR) is 146 cm³/mol. The Morgan fingerprint density at radius 2 is 1.51 bits per heavy atom. The maximum atomic E-state index is 14.2. The molecule has 1 saturated heterocycles. The van der Waals surface area contributed by atoms with Gasteiger partial charge in [0, 0.05) is 30.2 Å². The molecular weight excluding hydrogens is 460 g/mol. The summed E-state index contributed by atoms with van der Waals surface area (Å²) in [6, 6.07) is 19.5. The number of carbonyl (C=O) groups excluding carboxylic acids is 2. The minimum absolute atomic E-state index is 0.0637. The normalized spacial score (nSPS) is 29.5.